The largest absolute Gasteiger partial charge is 0.296 e. The summed E-state index contributed by atoms with van der Waals surface area (Å²) in [6, 6.07) is 8.03. The van der Waals surface area contributed by atoms with Gasteiger partial charge in [0.25, 0.3) is 6.72 Å². The van der Waals surface area contributed by atoms with Crippen molar-refractivity contribution < 1.29 is 4.79 Å². The Labute approximate surface area is 72.7 Å². The van der Waals surface area contributed by atoms with Crippen molar-refractivity contribution in [3.8, 4) is 0 Å². The Bertz CT molecular complexity index is 292. The van der Waals surface area contributed by atoms with Crippen molar-refractivity contribution in [3.05, 3.63) is 29.8 Å². The first-order valence-corrected chi connectivity index (χ1v) is 4.00. The van der Waals surface area contributed by atoms with Crippen LogP contribution in [0.5, 0.6) is 0 Å². The minimum absolute atomic E-state index is 0.566. The lowest BCUT2D eigenvalue weighted by molar-refractivity contribution is -0.0631. The zero-order chi connectivity index (χ0) is 8.97. The number of rotatable bonds is 2. The highest BCUT2D eigenvalue weighted by atomic mass is 15.0. The fourth-order valence-corrected chi connectivity index (χ4v) is 1.01. The minimum atomic E-state index is 0.566. The van der Waals surface area contributed by atoms with Crippen LogP contribution >= 0.6 is 0 Å². The van der Waals surface area contributed by atoms with E-state index < -0.39 is 0 Å². The molecule has 0 saturated carbocycles. The van der Waals surface area contributed by atoms with E-state index in [2.05, 4.69) is 42.6 Å². The molecule has 0 radical (unpaired) electrons. The number of hydrogen-bond donors (Lipinski definition) is 0. The highest BCUT2D eigenvalue weighted by Gasteiger charge is 1.99. The summed E-state index contributed by atoms with van der Waals surface area (Å²) in [6.07, 6.45) is 0. The summed E-state index contributed by atoms with van der Waals surface area (Å²) >= 11 is 0. The molecule has 0 atom stereocenters. The minimum Gasteiger partial charge on any atom is -0.0587 e. The number of benzene rings is 1. The standard InChI is InChI=1S/C10H13N2/c1-8(2)9-4-6-10(7-5-9)12-11-3/h4-8H,3H2,1-2H3/q+1. The molecule has 2 heteroatoms. The van der Waals surface area contributed by atoms with Crippen LogP contribution < -0.4 is 0 Å². The molecule has 0 saturated heterocycles. The van der Waals surface area contributed by atoms with Gasteiger partial charge in [-0.3, -0.25) is 0 Å². The lowest BCUT2D eigenvalue weighted by Crippen LogP contribution is -1.84. The molecular formula is C10H13N2+. The second-order valence-corrected chi connectivity index (χ2v) is 2.99. The van der Waals surface area contributed by atoms with Crippen LogP contribution in [0.15, 0.2) is 29.4 Å². The Kier molecular flexibility index (Phi) is 2.78. The van der Waals surface area contributed by atoms with Gasteiger partial charge in [0.15, 0.2) is 0 Å². The van der Waals surface area contributed by atoms with Gasteiger partial charge in [0.05, 0.1) is 0 Å². The van der Waals surface area contributed by atoms with Gasteiger partial charge in [0.2, 0.25) is 0 Å². The van der Waals surface area contributed by atoms with Crippen LogP contribution in [-0.4, -0.2) is 11.5 Å². The number of nitrogens with zero attached hydrogens (tertiary/aromatic N) is 2. The smallest absolute Gasteiger partial charge is 0.0587 e. The molecule has 0 fully saturated rings. The van der Waals surface area contributed by atoms with Crippen LogP contribution in [0, 0.1) is 0 Å². The molecule has 0 spiro atoms. The van der Waals surface area contributed by atoms with Gasteiger partial charge >= 0.3 is 0 Å². The normalized spacial score (nSPS) is 9.58. The molecule has 1 aromatic rings. The molecule has 1 aromatic carbocycles. The fourth-order valence-electron chi connectivity index (χ4n) is 1.01. The molecule has 0 heterocycles. The molecule has 0 amide bonds. The van der Waals surface area contributed by atoms with Crippen LogP contribution in [0.1, 0.15) is 25.3 Å². The average Bonchev–Trinajstić information content (AvgIpc) is 2.06. The molecule has 0 aliphatic carbocycles. The third-order valence-electron chi connectivity index (χ3n) is 1.75. The van der Waals surface area contributed by atoms with Crippen molar-refractivity contribution >= 4 is 12.4 Å². The first-order valence-electron chi connectivity index (χ1n) is 4.00. The van der Waals surface area contributed by atoms with Crippen LogP contribution in [-0.2, 0) is 0 Å². The van der Waals surface area contributed by atoms with Crippen molar-refractivity contribution in [1.29, 1.82) is 0 Å². The Morgan fingerprint density at radius 2 is 1.83 bits per heavy atom. The van der Waals surface area contributed by atoms with E-state index in [1.54, 1.807) is 0 Å². The maximum absolute atomic E-state index is 3.82. The lowest BCUT2D eigenvalue weighted by Gasteiger charge is -2.02. The second-order valence-electron chi connectivity index (χ2n) is 2.99. The van der Waals surface area contributed by atoms with Gasteiger partial charge in [-0.1, -0.05) is 26.0 Å². The molecule has 0 bridgehead atoms. The van der Waals surface area contributed by atoms with Gasteiger partial charge in [-0.25, -0.2) is 0 Å². The zero-order valence-corrected chi connectivity index (χ0v) is 7.49. The van der Waals surface area contributed by atoms with E-state index in [0.717, 1.165) is 5.69 Å². The van der Waals surface area contributed by atoms with Gasteiger partial charge in [-0.2, -0.15) is 0 Å². The topological polar surface area (TPSA) is 26.5 Å². The van der Waals surface area contributed by atoms with Crippen LogP contribution in [0.3, 0.4) is 0 Å². The van der Waals surface area contributed by atoms with Crippen LogP contribution in [0.2, 0.25) is 0 Å². The van der Waals surface area contributed by atoms with E-state index in [0.29, 0.717) is 5.92 Å². The summed E-state index contributed by atoms with van der Waals surface area (Å²) in [5.74, 6) is 0.566. The second kappa shape index (κ2) is 3.84. The molecular weight excluding hydrogens is 148 g/mol. The van der Waals surface area contributed by atoms with Crippen molar-refractivity contribution in [3.63, 3.8) is 0 Å². The predicted molar refractivity (Wildman–Crippen MR) is 50.0 cm³/mol. The summed E-state index contributed by atoms with van der Waals surface area (Å²) < 4.78 is 0. The van der Waals surface area contributed by atoms with E-state index in [4.69, 9.17) is 0 Å². The molecule has 1 rings (SSSR count). The molecule has 0 N–H and O–H groups in total. The van der Waals surface area contributed by atoms with E-state index in [9.17, 15) is 0 Å². The first kappa shape index (κ1) is 8.69. The number of hydrogen-bond acceptors (Lipinski definition) is 1. The summed E-state index contributed by atoms with van der Waals surface area (Å²) in [6.45, 7) is 7.63. The molecule has 2 nitrogen and oxygen atoms in total. The van der Waals surface area contributed by atoms with Gasteiger partial charge in [0.1, 0.15) is 10.8 Å². The third-order valence-corrected chi connectivity index (χ3v) is 1.75. The predicted octanol–water partition coefficient (Wildman–Crippen LogP) is 2.80. The highest BCUT2D eigenvalue weighted by molar-refractivity contribution is 5.38. The summed E-state index contributed by atoms with van der Waals surface area (Å²) in [4.78, 5) is 3.46. The van der Waals surface area contributed by atoms with E-state index >= 15 is 0 Å². The van der Waals surface area contributed by atoms with Gasteiger partial charge in [0, 0.05) is 4.79 Å². The quantitative estimate of drug-likeness (QED) is 0.362. The monoisotopic (exact) mass is 161 g/mol. The van der Waals surface area contributed by atoms with Crippen LogP contribution in [0.25, 0.3) is 0 Å². The Balaban J connectivity index is 2.92. The summed E-state index contributed by atoms with van der Waals surface area (Å²) in [5.41, 5.74) is 2.17. The van der Waals surface area contributed by atoms with E-state index in [1.165, 1.54) is 5.56 Å². The zero-order valence-electron chi connectivity index (χ0n) is 7.49. The fraction of sp³-hybridized carbons (Fsp3) is 0.300. The molecule has 0 unspecified atom stereocenters. The molecule has 12 heavy (non-hydrogen) atoms. The molecule has 62 valence electrons. The van der Waals surface area contributed by atoms with E-state index in [-0.39, 0.29) is 0 Å². The summed E-state index contributed by atoms with van der Waals surface area (Å²) in [5, 5.41) is 3.82. The van der Waals surface area contributed by atoms with Gasteiger partial charge in [-0.15, -0.1) is 0 Å². The van der Waals surface area contributed by atoms with Gasteiger partial charge in [-0.05, 0) is 23.6 Å². The van der Waals surface area contributed by atoms with Crippen molar-refractivity contribution in [1.82, 2.24) is 0 Å². The Morgan fingerprint density at radius 3 is 2.25 bits per heavy atom. The summed E-state index contributed by atoms with van der Waals surface area (Å²) in [7, 11) is 0. The highest BCUT2D eigenvalue weighted by Crippen LogP contribution is 2.18. The van der Waals surface area contributed by atoms with Crippen LogP contribution in [0.4, 0.5) is 5.69 Å². The molecule has 0 aromatic heterocycles. The van der Waals surface area contributed by atoms with Crippen molar-refractivity contribution in [2.75, 3.05) is 0 Å². The SMILES string of the molecule is C=[N+]=Nc1ccc(C(C)C)cc1. The first-order chi connectivity index (χ1) is 5.74. The Morgan fingerprint density at radius 1 is 1.25 bits per heavy atom. The van der Waals surface area contributed by atoms with Crippen molar-refractivity contribution in [2.45, 2.75) is 19.8 Å². The molecule has 0 aliphatic heterocycles. The van der Waals surface area contributed by atoms with Crippen molar-refractivity contribution in [2.24, 2.45) is 5.11 Å². The molecule has 0 aliphatic rings. The Hall–Kier alpha value is -1.40. The average molecular weight is 161 g/mol. The third kappa shape index (κ3) is 2.04. The maximum atomic E-state index is 3.82. The maximum Gasteiger partial charge on any atom is 0.296 e. The lowest BCUT2D eigenvalue weighted by atomic mass is 10.0. The van der Waals surface area contributed by atoms with E-state index in [1.807, 2.05) is 12.1 Å². The van der Waals surface area contributed by atoms with Gasteiger partial charge < -0.3 is 0 Å².